The molecule has 0 spiro atoms. The summed E-state index contributed by atoms with van der Waals surface area (Å²) in [5, 5.41) is 7.94. The zero-order valence-corrected chi connectivity index (χ0v) is 14.1. The third-order valence-electron chi connectivity index (χ3n) is 3.51. The second kappa shape index (κ2) is 11.1. The van der Waals surface area contributed by atoms with Gasteiger partial charge in [-0.15, -0.1) is 0 Å². The molecule has 1 unspecified atom stereocenters. The minimum atomic E-state index is -3.45. The van der Waals surface area contributed by atoms with E-state index in [9.17, 15) is 8.42 Å². The second-order valence-corrected chi connectivity index (χ2v) is 7.59. The first-order chi connectivity index (χ1) is 9.50. The van der Waals surface area contributed by atoms with Gasteiger partial charge in [0.2, 0.25) is 10.0 Å². The minimum Gasteiger partial charge on any atom is -0.211 e. The summed E-state index contributed by atoms with van der Waals surface area (Å²) < 4.78 is 26.1. The minimum absolute atomic E-state index is 0.556. The van der Waals surface area contributed by atoms with Crippen molar-refractivity contribution in [3.63, 3.8) is 0 Å². The Morgan fingerprint density at radius 3 is 1.75 bits per heavy atom. The van der Waals surface area contributed by atoms with Gasteiger partial charge in [0.15, 0.2) is 5.25 Å². The van der Waals surface area contributed by atoms with E-state index in [0.717, 1.165) is 51.4 Å². The molecule has 0 aliphatic rings. The van der Waals surface area contributed by atoms with Gasteiger partial charge < -0.3 is 0 Å². The lowest BCUT2D eigenvalue weighted by Gasteiger charge is -2.23. The molecule has 0 rings (SSSR count). The Kier molecular flexibility index (Phi) is 10.8. The van der Waals surface area contributed by atoms with Gasteiger partial charge in [-0.05, 0) is 19.8 Å². The fourth-order valence-electron chi connectivity index (χ4n) is 2.09. The predicted octanol–water partition coefficient (Wildman–Crippen LogP) is 3.69. The first-order valence-electron chi connectivity index (χ1n) is 7.89. The summed E-state index contributed by atoms with van der Waals surface area (Å²) >= 11 is 0. The van der Waals surface area contributed by atoms with Crippen molar-refractivity contribution in [1.29, 1.82) is 5.26 Å². The van der Waals surface area contributed by atoms with Crippen LogP contribution in [0.3, 0.4) is 0 Å². The summed E-state index contributed by atoms with van der Waals surface area (Å²) in [4.78, 5) is 0. The third kappa shape index (κ3) is 7.25. The molecule has 20 heavy (non-hydrogen) atoms. The number of hydrogen-bond donors (Lipinski definition) is 0. The lowest BCUT2D eigenvalue weighted by atomic mass is 10.2. The lowest BCUT2D eigenvalue weighted by molar-refractivity contribution is 0.384. The van der Waals surface area contributed by atoms with Gasteiger partial charge >= 0.3 is 0 Å². The Morgan fingerprint density at radius 1 is 0.950 bits per heavy atom. The largest absolute Gasteiger partial charge is 0.230 e. The van der Waals surface area contributed by atoms with Crippen LogP contribution >= 0.6 is 0 Å². The summed E-state index contributed by atoms with van der Waals surface area (Å²) in [6.45, 7) is 6.86. The molecule has 0 fully saturated rings. The van der Waals surface area contributed by atoms with Gasteiger partial charge in [-0.3, -0.25) is 0 Å². The van der Waals surface area contributed by atoms with E-state index >= 15 is 0 Å². The number of unbranched alkanes of at least 4 members (excludes halogenated alkanes) is 6. The summed E-state index contributed by atoms with van der Waals surface area (Å²) in [5.74, 6) is 0. The fourth-order valence-corrected chi connectivity index (χ4v) is 3.43. The lowest BCUT2D eigenvalue weighted by Crippen LogP contribution is -2.38. The van der Waals surface area contributed by atoms with E-state index in [2.05, 4.69) is 13.8 Å². The Morgan fingerprint density at radius 2 is 1.40 bits per heavy atom. The van der Waals surface area contributed by atoms with E-state index < -0.39 is 15.3 Å². The molecule has 0 aliphatic carbocycles. The Bertz CT molecular complexity index is 362. The summed E-state index contributed by atoms with van der Waals surface area (Å²) in [6, 6.07) is 1.86. The van der Waals surface area contributed by atoms with Crippen molar-refractivity contribution in [2.75, 3.05) is 13.1 Å². The van der Waals surface area contributed by atoms with E-state index in [1.54, 1.807) is 0 Å². The third-order valence-corrected chi connectivity index (χ3v) is 5.59. The highest BCUT2D eigenvalue weighted by Crippen LogP contribution is 2.13. The standard InChI is InChI=1S/C15H30N2O2S/c1-4-6-8-10-12-17(13-11-9-7-5-2)20(18,19)15(3)14-16/h15H,4-13H2,1-3H3. The molecular weight excluding hydrogens is 272 g/mol. The van der Waals surface area contributed by atoms with Crippen molar-refractivity contribution in [2.24, 2.45) is 0 Å². The van der Waals surface area contributed by atoms with Crippen LogP contribution in [0.15, 0.2) is 0 Å². The molecule has 0 aromatic rings. The van der Waals surface area contributed by atoms with E-state index in [4.69, 9.17) is 5.26 Å². The first kappa shape index (κ1) is 19.4. The molecule has 0 saturated carbocycles. The summed E-state index contributed by atoms with van der Waals surface area (Å²) in [7, 11) is -3.45. The molecule has 0 amide bonds. The average Bonchev–Trinajstić information content (AvgIpc) is 2.44. The van der Waals surface area contributed by atoms with Crippen LogP contribution in [0.2, 0.25) is 0 Å². The summed E-state index contributed by atoms with van der Waals surface area (Å²) in [6.07, 6.45) is 8.43. The maximum atomic E-state index is 12.3. The fraction of sp³-hybridized carbons (Fsp3) is 0.933. The predicted molar refractivity (Wildman–Crippen MR) is 83.9 cm³/mol. The highest BCUT2D eigenvalue weighted by atomic mass is 32.2. The smallest absolute Gasteiger partial charge is 0.211 e. The van der Waals surface area contributed by atoms with E-state index in [1.165, 1.54) is 11.2 Å². The van der Waals surface area contributed by atoms with Crippen LogP contribution in [0.1, 0.15) is 72.1 Å². The quantitative estimate of drug-likeness (QED) is 0.516. The molecule has 0 radical (unpaired) electrons. The monoisotopic (exact) mass is 302 g/mol. The highest BCUT2D eigenvalue weighted by molar-refractivity contribution is 7.89. The van der Waals surface area contributed by atoms with Crippen molar-refractivity contribution in [2.45, 2.75) is 77.4 Å². The van der Waals surface area contributed by atoms with Gasteiger partial charge in [0, 0.05) is 13.1 Å². The van der Waals surface area contributed by atoms with Crippen LogP contribution in [-0.4, -0.2) is 31.1 Å². The van der Waals surface area contributed by atoms with Gasteiger partial charge in [-0.25, -0.2) is 12.7 Å². The molecule has 0 N–H and O–H groups in total. The van der Waals surface area contributed by atoms with E-state index in [0.29, 0.717) is 13.1 Å². The Labute approximate surface area is 125 Å². The second-order valence-electron chi connectivity index (χ2n) is 5.34. The maximum Gasteiger partial charge on any atom is 0.230 e. The topological polar surface area (TPSA) is 61.2 Å². The zero-order valence-electron chi connectivity index (χ0n) is 13.3. The van der Waals surface area contributed by atoms with Crippen LogP contribution in [0, 0.1) is 11.3 Å². The van der Waals surface area contributed by atoms with E-state index in [-0.39, 0.29) is 0 Å². The number of nitrogens with zero attached hydrogens (tertiary/aromatic N) is 2. The van der Waals surface area contributed by atoms with Crippen molar-refractivity contribution >= 4 is 10.0 Å². The molecule has 4 nitrogen and oxygen atoms in total. The van der Waals surface area contributed by atoms with Crippen molar-refractivity contribution < 1.29 is 8.42 Å². The first-order valence-corrected chi connectivity index (χ1v) is 9.39. The molecule has 0 heterocycles. The molecular formula is C15H30N2O2S. The number of rotatable bonds is 12. The van der Waals surface area contributed by atoms with Crippen molar-refractivity contribution in [1.82, 2.24) is 4.31 Å². The number of sulfonamides is 1. The Hall–Kier alpha value is -0.600. The zero-order chi connectivity index (χ0) is 15.4. The molecule has 0 saturated heterocycles. The summed E-state index contributed by atoms with van der Waals surface area (Å²) in [5.41, 5.74) is 0. The van der Waals surface area contributed by atoms with E-state index in [1.807, 2.05) is 6.07 Å². The molecule has 0 bridgehead atoms. The van der Waals surface area contributed by atoms with Crippen molar-refractivity contribution in [3.8, 4) is 6.07 Å². The Balaban J connectivity index is 4.49. The molecule has 118 valence electrons. The SMILES string of the molecule is CCCCCCN(CCCCCC)S(=O)(=O)C(C)C#N. The van der Waals surface area contributed by atoms with Gasteiger partial charge in [0.05, 0.1) is 6.07 Å². The van der Waals surface area contributed by atoms with Crippen LogP contribution in [0.4, 0.5) is 0 Å². The number of hydrogen-bond acceptors (Lipinski definition) is 3. The van der Waals surface area contributed by atoms with Crippen molar-refractivity contribution in [3.05, 3.63) is 0 Å². The van der Waals surface area contributed by atoms with Gasteiger partial charge in [0.1, 0.15) is 0 Å². The van der Waals surface area contributed by atoms with Gasteiger partial charge in [-0.1, -0.05) is 52.4 Å². The molecule has 0 aromatic carbocycles. The van der Waals surface area contributed by atoms with Gasteiger partial charge in [0.25, 0.3) is 0 Å². The maximum absolute atomic E-state index is 12.3. The van der Waals surface area contributed by atoms with Crippen LogP contribution in [0.5, 0.6) is 0 Å². The van der Waals surface area contributed by atoms with Crippen LogP contribution in [0.25, 0.3) is 0 Å². The normalized spacial score (nSPS) is 13.3. The average molecular weight is 302 g/mol. The molecule has 0 aromatic heterocycles. The molecule has 1 atom stereocenters. The number of nitriles is 1. The highest BCUT2D eigenvalue weighted by Gasteiger charge is 2.27. The van der Waals surface area contributed by atoms with Crippen LogP contribution < -0.4 is 0 Å². The van der Waals surface area contributed by atoms with Gasteiger partial charge in [-0.2, -0.15) is 5.26 Å². The van der Waals surface area contributed by atoms with Crippen LogP contribution in [-0.2, 0) is 10.0 Å². The molecule has 0 aliphatic heterocycles. The molecule has 5 heteroatoms.